The molecule has 0 spiro atoms. The maximum absolute atomic E-state index is 13.2. The fourth-order valence-corrected chi connectivity index (χ4v) is 4.11. The summed E-state index contributed by atoms with van der Waals surface area (Å²) in [6, 6.07) is 9.71. The van der Waals surface area contributed by atoms with Crippen LogP contribution < -0.4 is 4.74 Å². The van der Waals surface area contributed by atoms with Gasteiger partial charge in [-0.2, -0.15) is 0 Å². The second kappa shape index (κ2) is 9.74. The van der Waals surface area contributed by atoms with Crippen molar-refractivity contribution in [3.05, 3.63) is 90.7 Å². The van der Waals surface area contributed by atoms with Gasteiger partial charge in [0, 0.05) is 67.3 Å². The van der Waals surface area contributed by atoms with Crippen LogP contribution in [0, 0.1) is 6.92 Å². The van der Waals surface area contributed by atoms with Gasteiger partial charge in [0.1, 0.15) is 17.8 Å². The van der Waals surface area contributed by atoms with Crippen LogP contribution in [0.4, 0.5) is 0 Å². The summed E-state index contributed by atoms with van der Waals surface area (Å²) in [4.78, 5) is 36.4. The zero-order valence-electron chi connectivity index (χ0n) is 18.8. The van der Waals surface area contributed by atoms with Gasteiger partial charge < -0.3 is 9.64 Å². The predicted octanol–water partition coefficient (Wildman–Crippen LogP) is 4.45. The first-order valence-electron chi connectivity index (χ1n) is 11.2. The lowest BCUT2D eigenvalue weighted by molar-refractivity contribution is 0.0711. The molecule has 8 heteroatoms. The number of likely N-dealkylation sites (tertiary alicyclic amines) is 1. The highest BCUT2D eigenvalue weighted by atomic mass is 16.5. The van der Waals surface area contributed by atoms with Gasteiger partial charge in [0.2, 0.25) is 5.88 Å². The zero-order chi connectivity index (χ0) is 23.3. The van der Waals surface area contributed by atoms with E-state index in [1.165, 1.54) is 11.9 Å². The molecule has 3 aromatic heterocycles. The molecule has 170 valence electrons. The minimum absolute atomic E-state index is 0.0278. The van der Waals surface area contributed by atoms with E-state index in [0.717, 1.165) is 35.4 Å². The van der Waals surface area contributed by atoms with Crippen LogP contribution in [0.1, 0.15) is 40.4 Å². The Kier molecular flexibility index (Phi) is 6.20. The molecular formula is C26H24N6O2. The molecule has 4 heterocycles. The number of amides is 1. The van der Waals surface area contributed by atoms with Gasteiger partial charge in [-0.15, -0.1) is 0 Å². The first kappa shape index (κ1) is 21.6. The van der Waals surface area contributed by atoms with Crippen LogP contribution in [0.2, 0.25) is 0 Å². The second-order valence-electron chi connectivity index (χ2n) is 8.32. The highest BCUT2D eigenvalue weighted by molar-refractivity contribution is 5.95. The highest BCUT2D eigenvalue weighted by Gasteiger charge is 2.28. The number of aromatic nitrogens is 5. The smallest absolute Gasteiger partial charge is 0.255 e. The number of piperidine rings is 1. The van der Waals surface area contributed by atoms with Crippen molar-refractivity contribution >= 4 is 5.91 Å². The van der Waals surface area contributed by atoms with Gasteiger partial charge >= 0.3 is 0 Å². The Bertz CT molecular complexity index is 1270. The van der Waals surface area contributed by atoms with E-state index in [1.807, 2.05) is 42.2 Å². The first-order valence-corrected chi connectivity index (χ1v) is 11.2. The average molecular weight is 453 g/mol. The quantitative estimate of drug-likeness (QED) is 0.442. The largest absolute Gasteiger partial charge is 0.437 e. The highest BCUT2D eigenvalue weighted by Crippen LogP contribution is 2.34. The van der Waals surface area contributed by atoms with Crippen molar-refractivity contribution in [1.82, 2.24) is 29.8 Å². The zero-order valence-corrected chi connectivity index (χ0v) is 18.8. The SMILES string of the molecule is Cc1ccc(Oc2nccnc2C2CCN(C(=O)c3cncc(-c4cncnc4)c3)CC2)cc1. The summed E-state index contributed by atoms with van der Waals surface area (Å²) >= 11 is 0. The van der Waals surface area contributed by atoms with E-state index in [-0.39, 0.29) is 11.8 Å². The first-order chi connectivity index (χ1) is 16.7. The standard InChI is InChI=1S/C26H24N6O2/c1-18-2-4-23(5-3-18)34-25-24(30-8-9-31-25)19-6-10-32(11-7-19)26(33)21-12-20(13-27-14-21)22-15-28-17-29-16-22/h2-5,8-9,12-17,19H,6-7,10-11H2,1H3. The average Bonchev–Trinajstić information content (AvgIpc) is 2.91. The van der Waals surface area contributed by atoms with Crippen LogP contribution in [0.15, 0.2) is 73.8 Å². The van der Waals surface area contributed by atoms with E-state index < -0.39 is 0 Å². The number of pyridine rings is 1. The Morgan fingerprint density at radius 2 is 1.62 bits per heavy atom. The number of ether oxygens (including phenoxy) is 1. The molecule has 34 heavy (non-hydrogen) atoms. The van der Waals surface area contributed by atoms with Crippen molar-refractivity contribution in [2.24, 2.45) is 0 Å². The Hall–Kier alpha value is -4.20. The molecule has 0 atom stereocenters. The van der Waals surface area contributed by atoms with E-state index in [9.17, 15) is 4.79 Å². The minimum Gasteiger partial charge on any atom is -0.437 e. The molecule has 0 N–H and O–H groups in total. The lowest BCUT2D eigenvalue weighted by Crippen LogP contribution is -2.38. The molecule has 4 aromatic rings. The molecule has 0 aliphatic carbocycles. The molecular weight excluding hydrogens is 428 g/mol. The van der Waals surface area contributed by atoms with Crippen molar-refractivity contribution in [1.29, 1.82) is 0 Å². The van der Waals surface area contributed by atoms with Gasteiger partial charge in [0.05, 0.1) is 5.56 Å². The molecule has 8 nitrogen and oxygen atoms in total. The molecule has 1 aliphatic rings. The van der Waals surface area contributed by atoms with Crippen LogP contribution in [-0.4, -0.2) is 48.8 Å². The maximum Gasteiger partial charge on any atom is 0.255 e. The second-order valence-corrected chi connectivity index (χ2v) is 8.32. The monoisotopic (exact) mass is 452 g/mol. The lowest BCUT2D eigenvalue weighted by Gasteiger charge is -2.32. The third-order valence-electron chi connectivity index (χ3n) is 5.97. The number of hydrogen-bond donors (Lipinski definition) is 0. The summed E-state index contributed by atoms with van der Waals surface area (Å²) in [5.74, 6) is 1.40. The van der Waals surface area contributed by atoms with Crippen LogP contribution in [0.5, 0.6) is 11.6 Å². The minimum atomic E-state index is -0.0278. The van der Waals surface area contributed by atoms with Gasteiger partial charge in [-0.25, -0.2) is 15.0 Å². The fraction of sp³-hybridized carbons (Fsp3) is 0.231. The molecule has 0 radical (unpaired) electrons. The molecule has 5 rings (SSSR count). The Morgan fingerprint density at radius 3 is 2.38 bits per heavy atom. The number of hydrogen-bond acceptors (Lipinski definition) is 7. The molecule has 0 saturated carbocycles. The molecule has 1 saturated heterocycles. The Morgan fingerprint density at radius 1 is 0.912 bits per heavy atom. The van der Waals surface area contributed by atoms with E-state index in [1.54, 1.807) is 37.2 Å². The number of rotatable bonds is 5. The van der Waals surface area contributed by atoms with Gasteiger partial charge in [0.25, 0.3) is 5.91 Å². The van der Waals surface area contributed by atoms with Crippen LogP contribution in [0.25, 0.3) is 11.1 Å². The number of benzene rings is 1. The third kappa shape index (κ3) is 4.76. The van der Waals surface area contributed by atoms with Gasteiger partial charge in [0.15, 0.2) is 0 Å². The molecule has 0 unspecified atom stereocenters. The number of nitrogens with zero attached hydrogens (tertiary/aromatic N) is 6. The normalized spacial score (nSPS) is 14.1. The third-order valence-corrected chi connectivity index (χ3v) is 5.97. The number of aryl methyl sites for hydroxylation is 1. The van der Waals surface area contributed by atoms with Crippen molar-refractivity contribution in [3.8, 4) is 22.8 Å². The lowest BCUT2D eigenvalue weighted by atomic mass is 9.93. The van der Waals surface area contributed by atoms with Gasteiger partial charge in [-0.1, -0.05) is 17.7 Å². The van der Waals surface area contributed by atoms with E-state index in [2.05, 4.69) is 24.9 Å². The van der Waals surface area contributed by atoms with Crippen LogP contribution in [0.3, 0.4) is 0 Å². The summed E-state index contributed by atoms with van der Waals surface area (Å²) in [6.45, 7) is 3.29. The topological polar surface area (TPSA) is 94.0 Å². The number of carbonyl (C=O) groups is 1. The van der Waals surface area contributed by atoms with Gasteiger partial charge in [-0.3, -0.25) is 14.8 Å². The Balaban J connectivity index is 1.27. The van der Waals surface area contributed by atoms with E-state index >= 15 is 0 Å². The van der Waals surface area contributed by atoms with Crippen molar-refractivity contribution < 1.29 is 9.53 Å². The predicted molar refractivity (Wildman–Crippen MR) is 126 cm³/mol. The van der Waals surface area contributed by atoms with Crippen molar-refractivity contribution in [3.63, 3.8) is 0 Å². The Labute approximate surface area is 197 Å². The van der Waals surface area contributed by atoms with Crippen molar-refractivity contribution in [2.75, 3.05) is 13.1 Å². The fourth-order valence-electron chi connectivity index (χ4n) is 4.11. The van der Waals surface area contributed by atoms with Crippen molar-refractivity contribution in [2.45, 2.75) is 25.7 Å². The maximum atomic E-state index is 13.2. The summed E-state index contributed by atoms with van der Waals surface area (Å²) in [5.41, 5.74) is 4.21. The molecule has 1 amide bonds. The summed E-state index contributed by atoms with van der Waals surface area (Å²) < 4.78 is 6.04. The molecule has 0 bridgehead atoms. The summed E-state index contributed by atoms with van der Waals surface area (Å²) in [7, 11) is 0. The molecule has 1 aliphatic heterocycles. The molecule has 1 aromatic carbocycles. The summed E-state index contributed by atoms with van der Waals surface area (Å²) in [6.07, 6.45) is 13.1. The van der Waals surface area contributed by atoms with Crippen LogP contribution in [-0.2, 0) is 0 Å². The van der Waals surface area contributed by atoms with E-state index in [4.69, 9.17) is 4.74 Å². The van der Waals surface area contributed by atoms with Gasteiger partial charge in [-0.05, 0) is 38.0 Å². The number of carbonyl (C=O) groups excluding carboxylic acids is 1. The molecule has 1 fully saturated rings. The van der Waals surface area contributed by atoms with E-state index in [0.29, 0.717) is 24.5 Å². The summed E-state index contributed by atoms with van der Waals surface area (Å²) in [5, 5.41) is 0. The van der Waals surface area contributed by atoms with Crippen LogP contribution >= 0.6 is 0 Å².